The molecule has 86 valence electrons. The van der Waals surface area contributed by atoms with Gasteiger partial charge in [-0.3, -0.25) is 10.1 Å². The van der Waals surface area contributed by atoms with E-state index < -0.39 is 0 Å². The summed E-state index contributed by atoms with van der Waals surface area (Å²) in [5, 5.41) is 11.4. The van der Waals surface area contributed by atoms with Crippen molar-refractivity contribution in [3.63, 3.8) is 0 Å². The Hall–Kier alpha value is -2.24. The highest BCUT2D eigenvalue weighted by Gasteiger charge is 2.11. The van der Waals surface area contributed by atoms with Gasteiger partial charge in [0.25, 0.3) is 0 Å². The second-order valence-electron chi connectivity index (χ2n) is 3.82. The van der Waals surface area contributed by atoms with E-state index in [9.17, 15) is 0 Å². The lowest BCUT2D eigenvalue weighted by Gasteiger charge is -1.92. The van der Waals surface area contributed by atoms with Gasteiger partial charge in [-0.25, -0.2) is 9.50 Å². The van der Waals surface area contributed by atoms with Gasteiger partial charge >= 0.3 is 0 Å². The number of rotatable bonds is 3. The van der Waals surface area contributed by atoms with Crippen LogP contribution in [0.3, 0.4) is 0 Å². The third kappa shape index (κ3) is 1.67. The highest BCUT2D eigenvalue weighted by molar-refractivity contribution is 5.74. The molecule has 0 fully saturated rings. The van der Waals surface area contributed by atoms with E-state index >= 15 is 0 Å². The summed E-state index contributed by atoms with van der Waals surface area (Å²) in [7, 11) is 0. The summed E-state index contributed by atoms with van der Waals surface area (Å²) in [4.78, 5) is 8.53. The fourth-order valence-corrected chi connectivity index (χ4v) is 1.77. The number of nitrogens with zero attached hydrogens (tertiary/aromatic N) is 5. The zero-order valence-corrected chi connectivity index (χ0v) is 9.46. The Morgan fingerprint density at radius 2 is 2.29 bits per heavy atom. The van der Waals surface area contributed by atoms with E-state index in [0.717, 1.165) is 29.7 Å². The summed E-state index contributed by atoms with van der Waals surface area (Å²) >= 11 is 0. The number of hydrogen-bond donors (Lipinski definition) is 1. The monoisotopic (exact) mass is 228 g/mol. The Balaban J connectivity index is 2.07. The summed E-state index contributed by atoms with van der Waals surface area (Å²) in [6.45, 7) is 2.11. The van der Waals surface area contributed by atoms with Crippen LogP contribution in [0, 0.1) is 0 Å². The first kappa shape index (κ1) is 9.95. The van der Waals surface area contributed by atoms with Crippen molar-refractivity contribution in [2.75, 3.05) is 0 Å². The van der Waals surface area contributed by atoms with Gasteiger partial charge in [-0.15, -0.1) is 0 Å². The molecule has 3 aromatic heterocycles. The molecule has 0 aliphatic rings. The molecule has 6 nitrogen and oxygen atoms in total. The van der Waals surface area contributed by atoms with Crippen molar-refractivity contribution >= 4 is 5.52 Å². The lowest BCUT2D eigenvalue weighted by Crippen LogP contribution is -1.87. The number of aryl methyl sites for hydroxylation is 1. The van der Waals surface area contributed by atoms with Gasteiger partial charge < -0.3 is 0 Å². The minimum atomic E-state index is 0.677. The number of hydrogen-bond acceptors (Lipinski definition) is 4. The quantitative estimate of drug-likeness (QED) is 0.736. The fraction of sp³-hybridized carbons (Fsp3) is 0.273. The van der Waals surface area contributed by atoms with Gasteiger partial charge in [0.1, 0.15) is 5.82 Å². The Bertz CT molecular complexity index is 638. The minimum absolute atomic E-state index is 0.677. The molecule has 0 saturated carbocycles. The third-order valence-corrected chi connectivity index (χ3v) is 2.58. The van der Waals surface area contributed by atoms with E-state index in [1.54, 1.807) is 29.3 Å². The largest absolute Gasteiger partial charge is 0.263 e. The predicted molar refractivity (Wildman–Crippen MR) is 62.4 cm³/mol. The number of H-pyrrole nitrogens is 1. The highest BCUT2D eigenvalue weighted by Crippen LogP contribution is 2.19. The average molecular weight is 228 g/mol. The Labute approximate surface area is 97.7 Å². The van der Waals surface area contributed by atoms with Gasteiger partial charge in [-0.1, -0.05) is 6.92 Å². The maximum atomic E-state index is 4.44. The maximum Gasteiger partial charge on any atom is 0.185 e. The lowest BCUT2D eigenvalue weighted by molar-refractivity contribution is 0.841. The normalized spacial score (nSPS) is 11.1. The topological polar surface area (TPSA) is 71.8 Å². The Kier molecular flexibility index (Phi) is 2.32. The first-order valence-electron chi connectivity index (χ1n) is 5.57. The molecule has 0 amide bonds. The van der Waals surface area contributed by atoms with Crippen LogP contribution in [-0.4, -0.2) is 29.8 Å². The molecule has 17 heavy (non-hydrogen) atoms. The van der Waals surface area contributed by atoms with Crippen molar-refractivity contribution in [1.29, 1.82) is 0 Å². The zero-order chi connectivity index (χ0) is 11.7. The zero-order valence-electron chi connectivity index (χ0n) is 9.46. The highest BCUT2D eigenvalue weighted by atomic mass is 15.2. The lowest BCUT2D eigenvalue weighted by atomic mass is 10.3. The van der Waals surface area contributed by atoms with Gasteiger partial charge in [0.05, 0.1) is 23.5 Å². The van der Waals surface area contributed by atoms with E-state index in [0.29, 0.717) is 5.82 Å². The molecule has 0 unspecified atom stereocenters. The molecular weight excluding hydrogens is 216 g/mol. The predicted octanol–water partition coefficient (Wildman–Crippen LogP) is 1.47. The van der Waals surface area contributed by atoms with Crippen LogP contribution in [0.15, 0.2) is 24.8 Å². The molecule has 1 N–H and O–H groups in total. The Morgan fingerprint density at radius 1 is 1.35 bits per heavy atom. The van der Waals surface area contributed by atoms with Crippen LogP contribution in [0.2, 0.25) is 0 Å². The molecule has 0 spiro atoms. The maximum absolute atomic E-state index is 4.44. The standard InChI is InChI=1S/C11H12N6/c1-2-3-10-14-11(16-15-10)8-6-13-17-5-4-12-7-9(8)17/h4-7H,2-3H2,1H3,(H,14,15,16). The first-order valence-corrected chi connectivity index (χ1v) is 5.57. The third-order valence-electron chi connectivity index (χ3n) is 2.58. The molecule has 0 atom stereocenters. The molecule has 0 aliphatic carbocycles. The molecule has 0 radical (unpaired) electrons. The molecule has 0 saturated heterocycles. The van der Waals surface area contributed by atoms with Crippen molar-refractivity contribution in [3.05, 3.63) is 30.6 Å². The molecule has 0 bridgehead atoms. The first-order chi connectivity index (χ1) is 8.38. The molecule has 0 aromatic carbocycles. The van der Waals surface area contributed by atoms with Crippen LogP contribution in [0.4, 0.5) is 0 Å². The smallest absolute Gasteiger partial charge is 0.185 e. The van der Waals surface area contributed by atoms with E-state index in [2.05, 4.69) is 32.2 Å². The SMILES string of the molecule is CCCc1nc(-c2cnn3ccncc23)n[nH]1. The van der Waals surface area contributed by atoms with Gasteiger partial charge in [-0.05, 0) is 6.42 Å². The molecular formula is C11H12N6. The number of aromatic amines is 1. The van der Waals surface area contributed by atoms with E-state index in [1.165, 1.54) is 0 Å². The van der Waals surface area contributed by atoms with E-state index in [-0.39, 0.29) is 0 Å². The second-order valence-corrected chi connectivity index (χ2v) is 3.82. The van der Waals surface area contributed by atoms with E-state index in [1.807, 2.05) is 0 Å². The molecule has 3 aromatic rings. The Morgan fingerprint density at radius 3 is 3.18 bits per heavy atom. The molecule has 0 aliphatic heterocycles. The fourth-order valence-electron chi connectivity index (χ4n) is 1.77. The van der Waals surface area contributed by atoms with Gasteiger partial charge in [0.15, 0.2) is 5.82 Å². The van der Waals surface area contributed by atoms with Crippen LogP contribution in [-0.2, 0) is 6.42 Å². The van der Waals surface area contributed by atoms with Crippen LogP contribution >= 0.6 is 0 Å². The number of aromatic nitrogens is 6. The summed E-state index contributed by atoms with van der Waals surface area (Å²) in [6, 6.07) is 0. The van der Waals surface area contributed by atoms with Gasteiger partial charge in [0.2, 0.25) is 0 Å². The van der Waals surface area contributed by atoms with Gasteiger partial charge in [0, 0.05) is 18.8 Å². The minimum Gasteiger partial charge on any atom is -0.263 e. The van der Waals surface area contributed by atoms with Crippen LogP contribution in [0.25, 0.3) is 16.9 Å². The number of fused-ring (bicyclic) bond motifs is 1. The average Bonchev–Trinajstić information content (AvgIpc) is 2.95. The van der Waals surface area contributed by atoms with Crippen molar-refractivity contribution in [1.82, 2.24) is 29.8 Å². The van der Waals surface area contributed by atoms with Crippen LogP contribution in [0.5, 0.6) is 0 Å². The van der Waals surface area contributed by atoms with Crippen molar-refractivity contribution < 1.29 is 0 Å². The molecule has 6 heteroatoms. The summed E-state index contributed by atoms with van der Waals surface area (Å²) in [5.41, 5.74) is 1.81. The summed E-state index contributed by atoms with van der Waals surface area (Å²) < 4.78 is 1.76. The van der Waals surface area contributed by atoms with Crippen molar-refractivity contribution in [2.24, 2.45) is 0 Å². The van der Waals surface area contributed by atoms with Crippen LogP contribution in [0.1, 0.15) is 19.2 Å². The second kappa shape index (κ2) is 3.97. The summed E-state index contributed by atoms with van der Waals surface area (Å²) in [5.74, 6) is 1.59. The number of nitrogens with one attached hydrogen (secondary N) is 1. The molecule has 3 rings (SSSR count). The van der Waals surface area contributed by atoms with Crippen molar-refractivity contribution in [3.8, 4) is 11.4 Å². The van der Waals surface area contributed by atoms with E-state index in [4.69, 9.17) is 0 Å². The van der Waals surface area contributed by atoms with Crippen molar-refractivity contribution in [2.45, 2.75) is 19.8 Å². The molecule has 3 heterocycles. The van der Waals surface area contributed by atoms with Gasteiger partial charge in [-0.2, -0.15) is 10.2 Å². The summed E-state index contributed by atoms with van der Waals surface area (Å²) in [6.07, 6.45) is 8.98. The van der Waals surface area contributed by atoms with Crippen LogP contribution < -0.4 is 0 Å².